The van der Waals surface area contributed by atoms with Gasteiger partial charge >= 0.3 is 0 Å². The van der Waals surface area contributed by atoms with Gasteiger partial charge in [0.1, 0.15) is 9.23 Å². The summed E-state index contributed by atoms with van der Waals surface area (Å²) >= 11 is 12.5. The summed E-state index contributed by atoms with van der Waals surface area (Å²) in [6.45, 7) is 0. The van der Waals surface area contributed by atoms with E-state index < -0.39 is 15.9 Å². The summed E-state index contributed by atoms with van der Waals surface area (Å²) in [5.74, 6) is -0.650. The van der Waals surface area contributed by atoms with Gasteiger partial charge in [-0.05, 0) is 24.3 Å². The van der Waals surface area contributed by atoms with E-state index in [1.807, 2.05) is 0 Å². The van der Waals surface area contributed by atoms with Crippen molar-refractivity contribution in [3.05, 3.63) is 44.6 Å². The number of anilines is 1. The summed E-state index contributed by atoms with van der Waals surface area (Å²) in [4.78, 5) is 10.9. The molecule has 0 radical (unpaired) electrons. The first kappa shape index (κ1) is 15.1. The normalized spacial score (nSPS) is 11.3. The molecular formula is C11H8Cl2N2O3S2. The lowest BCUT2D eigenvalue weighted by atomic mass is 10.2. The van der Waals surface area contributed by atoms with Gasteiger partial charge in [-0.2, -0.15) is 0 Å². The molecule has 0 unspecified atom stereocenters. The van der Waals surface area contributed by atoms with Crippen molar-refractivity contribution in [1.29, 1.82) is 0 Å². The quantitative estimate of drug-likeness (QED) is 0.887. The number of carbonyl (C=O) groups is 1. The molecular weight excluding hydrogens is 343 g/mol. The third-order valence-electron chi connectivity index (χ3n) is 2.31. The average Bonchev–Trinajstić information content (AvgIpc) is 2.69. The van der Waals surface area contributed by atoms with Crippen LogP contribution in [0.5, 0.6) is 0 Å². The van der Waals surface area contributed by atoms with Gasteiger partial charge in [0.15, 0.2) is 0 Å². The summed E-state index contributed by atoms with van der Waals surface area (Å²) < 4.78 is 26.9. The second-order valence-electron chi connectivity index (χ2n) is 3.74. The maximum atomic E-state index is 12.2. The summed E-state index contributed by atoms with van der Waals surface area (Å²) in [6, 6.07) is 7.08. The molecule has 0 bridgehead atoms. The Kier molecular flexibility index (Phi) is 4.24. The van der Waals surface area contributed by atoms with E-state index in [2.05, 4.69) is 4.72 Å². The molecule has 5 nitrogen and oxygen atoms in total. The van der Waals surface area contributed by atoms with E-state index in [1.165, 1.54) is 30.3 Å². The molecule has 9 heteroatoms. The summed E-state index contributed by atoms with van der Waals surface area (Å²) in [7, 11) is -3.87. The van der Waals surface area contributed by atoms with Gasteiger partial charge in [-0.1, -0.05) is 29.3 Å². The van der Waals surface area contributed by atoms with Crippen LogP contribution in [-0.2, 0) is 10.0 Å². The molecule has 0 aliphatic heterocycles. The second kappa shape index (κ2) is 5.61. The molecule has 2 aromatic rings. The first-order valence-electron chi connectivity index (χ1n) is 5.17. The van der Waals surface area contributed by atoms with Gasteiger partial charge in [0.2, 0.25) is 5.91 Å². The molecule has 1 heterocycles. The number of primary amides is 1. The molecule has 0 spiro atoms. The molecule has 0 aliphatic rings. The Labute approximate surface area is 129 Å². The van der Waals surface area contributed by atoms with Crippen molar-refractivity contribution in [2.45, 2.75) is 4.90 Å². The molecule has 1 aromatic carbocycles. The standard InChI is InChI=1S/C11H8Cl2N2O3S2/c12-9-5-8(10(13)19-9)20(17,18)15-7-3-1-2-6(4-7)11(14)16/h1-5,15H,(H2,14,16). The Balaban J connectivity index is 2.36. The molecule has 106 valence electrons. The molecule has 1 amide bonds. The lowest BCUT2D eigenvalue weighted by Crippen LogP contribution is -2.14. The third-order valence-corrected chi connectivity index (χ3v) is 5.45. The maximum Gasteiger partial charge on any atom is 0.264 e. The van der Waals surface area contributed by atoms with Crippen molar-refractivity contribution in [2.75, 3.05) is 4.72 Å². The first-order valence-corrected chi connectivity index (χ1v) is 8.22. The highest BCUT2D eigenvalue weighted by Crippen LogP contribution is 2.35. The minimum atomic E-state index is -3.87. The molecule has 3 N–H and O–H groups in total. The van der Waals surface area contributed by atoms with Crippen molar-refractivity contribution < 1.29 is 13.2 Å². The molecule has 0 saturated heterocycles. The second-order valence-corrected chi connectivity index (χ2v) is 7.68. The van der Waals surface area contributed by atoms with Gasteiger partial charge < -0.3 is 5.73 Å². The van der Waals surface area contributed by atoms with Crippen LogP contribution in [0.15, 0.2) is 35.2 Å². The highest BCUT2D eigenvalue weighted by Gasteiger charge is 2.21. The Morgan fingerprint density at radius 3 is 2.50 bits per heavy atom. The number of hydrogen-bond donors (Lipinski definition) is 2. The highest BCUT2D eigenvalue weighted by atomic mass is 35.5. The van der Waals surface area contributed by atoms with Crippen molar-refractivity contribution in [3.8, 4) is 0 Å². The fraction of sp³-hybridized carbons (Fsp3) is 0. The predicted molar refractivity (Wildman–Crippen MR) is 80.1 cm³/mol. The van der Waals surface area contributed by atoms with Gasteiger partial charge in [0, 0.05) is 11.3 Å². The van der Waals surface area contributed by atoms with E-state index in [4.69, 9.17) is 28.9 Å². The number of carbonyl (C=O) groups excluding carboxylic acids is 1. The fourth-order valence-corrected chi connectivity index (χ4v) is 4.65. The van der Waals surface area contributed by atoms with Crippen LogP contribution in [-0.4, -0.2) is 14.3 Å². The zero-order valence-electron chi connectivity index (χ0n) is 9.76. The Hall–Kier alpha value is -1.28. The third kappa shape index (κ3) is 3.24. The number of thiophene rings is 1. The van der Waals surface area contributed by atoms with E-state index in [9.17, 15) is 13.2 Å². The predicted octanol–water partition coefficient (Wildman–Crippen LogP) is 2.95. The molecule has 0 fully saturated rings. The van der Waals surface area contributed by atoms with Crippen LogP contribution >= 0.6 is 34.5 Å². The van der Waals surface area contributed by atoms with Crippen LogP contribution in [0.4, 0.5) is 5.69 Å². The summed E-state index contributed by atoms with van der Waals surface area (Å²) in [6.07, 6.45) is 0. The van der Waals surface area contributed by atoms with Gasteiger partial charge in [0.25, 0.3) is 10.0 Å². The van der Waals surface area contributed by atoms with Crippen LogP contribution < -0.4 is 10.5 Å². The number of hydrogen-bond acceptors (Lipinski definition) is 4. The van der Waals surface area contributed by atoms with E-state index in [0.29, 0.717) is 0 Å². The van der Waals surface area contributed by atoms with Gasteiger partial charge in [0.05, 0.1) is 4.34 Å². The van der Waals surface area contributed by atoms with Crippen LogP contribution in [0, 0.1) is 0 Å². The monoisotopic (exact) mass is 350 g/mol. The lowest BCUT2D eigenvalue weighted by molar-refractivity contribution is 0.100. The van der Waals surface area contributed by atoms with Gasteiger partial charge in [-0.25, -0.2) is 8.42 Å². The number of nitrogens with one attached hydrogen (secondary N) is 1. The summed E-state index contributed by atoms with van der Waals surface area (Å²) in [5, 5.41) is 0. The van der Waals surface area contributed by atoms with E-state index >= 15 is 0 Å². The van der Waals surface area contributed by atoms with Crippen LogP contribution in [0.3, 0.4) is 0 Å². The number of halogens is 2. The van der Waals surface area contributed by atoms with E-state index in [0.717, 1.165) is 11.3 Å². The zero-order valence-corrected chi connectivity index (χ0v) is 12.9. The lowest BCUT2D eigenvalue weighted by Gasteiger charge is -2.07. The number of sulfonamides is 1. The number of amides is 1. The largest absolute Gasteiger partial charge is 0.366 e. The SMILES string of the molecule is NC(=O)c1cccc(NS(=O)(=O)c2cc(Cl)sc2Cl)c1. The maximum absolute atomic E-state index is 12.2. The molecule has 2 rings (SSSR count). The van der Waals surface area contributed by atoms with Crippen LogP contribution in [0.1, 0.15) is 10.4 Å². The van der Waals surface area contributed by atoms with Gasteiger partial charge in [-0.3, -0.25) is 9.52 Å². The van der Waals surface area contributed by atoms with Crippen molar-refractivity contribution >= 4 is 56.2 Å². The van der Waals surface area contributed by atoms with Crippen molar-refractivity contribution in [3.63, 3.8) is 0 Å². The van der Waals surface area contributed by atoms with Gasteiger partial charge in [-0.15, -0.1) is 11.3 Å². The van der Waals surface area contributed by atoms with E-state index in [1.54, 1.807) is 0 Å². The first-order chi connectivity index (χ1) is 9.29. The Morgan fingerprint density at radius 1 is 1.25 bits per heavy atom. The topological polar surface area (TPSA) is 89.3 Å². The van der Waals surface area contributed by atoms with Crippen LogP contribution in [0.2, 0.25) is 8.67 Å². The van der Waals surface area contributed by atoms with Crippen molar-refractivity contribution in [2.24, 2.45) is 5.73 Å². The van der Waals surface area contributed by atoms with Crippen LogP contribution in [0.25, 0.3) is 0 Å². The minimum absolute atomic E-state index is 0.0635. The smallest absolute Gasteiger partial charge is 0.264 e. The Morgan fingerprint density at radius 2 is 1.95 bits per heavy atom. The molecule has 0 saturated carbocycles. The zero-order chi connectivity index (χ0) is 14.9. The average molecular weight is 351 g/mol. The number of nitrogens with two attached hydrogens (primary N) is 1. The number of rotatable bonds is 4. The highest BCUT2D eigenvalue weighted by molar-refractivity contribution is 7.93. The fourth-order valence-electron chi connectivity index (χ4n) is 1.45. The van der Waals surface area contributed by atoms with Crippen molar-refractivity contribution in [1.82, 2.24) is 0 Å². The minimum Gasteiger partial charge on any atom is -0.366 e. The molecule has 0 atom stereocenters. The Bertz CT molecular complexity index is 772. The molecule has 1 aromatic heterocycles. The molecule has 0 aliphatic carbocycles. The number of benzene rings is 1. The summed E-state index contributed by atoms with van der Waals surface area (Å²) in [5.41, 5.74) is 5.53. The molecule has 20 heavy (non-hydrogen) atoms. The van der Waals surface area contributed by atoms with E-state index in [-0.39, 0.29) is 24.8 Å².